The van der Waals surface area contributed by atoms with Gasteiger partial charge in [0, 0.05) is 19.4 Å². The minimum Gasteiger partial charge on any atom is -0.481 e. The quantitative estimate of drug-likeness (QED) is 0.544. The van der Waals surface area contributed by atoms with E-state index in [9.17, 15) is 0 Å². The highest BCUT2D eigenvalue weighted by molar-refractivity contribution is 5.63. The fraction of sp³-hybridized carbons (Fsp3) is 0.273. The molecule has 4 N–H and O–H groups in total. The Balaban J connectivity index is 0. The van der Waals surface area contributed by atoms with E-state index in [1.807, 2.05) is 6.07 Å². The zero-order chi connectivity index (χ0) is 13.8. The van der Waals surface area contributed by atoms with E-state index in [0.29, 0.717) is 5.56 Å². The van der Waals surface area contributed by atoms with Crippen LogP contribution in [0.3, 0.4) is 0 Å². The third kappa shape index (κ3) is 20.2. The molecule has 0 aliphatic heterocycles. The highest BCUT2D eigenvalue weighted by Crippen LogP contribution is 2.06. The molecule has 0 radical (unpaired) electrons. The Morgan fingerprint density at radius 1 is 0.941 bits per heavy atom. The van der Waals surface area contributed by atoms with Crippen LogP contribution >= 0.6 is 0 Å². The van der Waals surface area contributed by atoms with Gasteiger partial charge in [0.2, 0.25) is 0 Å². The van der Waals surface area contributed by atoms with Crippen molar-refractivity contribution < 1.29 is 30.0 Å². The Labute approximate surface area is 98.8 Å². The molecular formula is C11H16O6. The van der Waals surface area contributed by atoms with Crippen molar-refractivity contribution in [1.82, 2.24) is 0 Å². The van der Waals surface area contributed by atoms with Crippen molar-refractivity contribution in [3.63, 3.8) is 0 Å². The van der Waals surface area contributed by atoms with E-state index in [1.54, 1.807) is 24.3 Å². The van der Waals surface area contributed by atoms with Gasteiger partial charge >= 0.3 is 0 Å². The first-order chi connectivity index (χ1) is 7.77. The van der Waals surface area contributed by atoms with Crippen LogP contribution in [0.5, 0.6) is 0 Å². The highest BCUT2D eigenvalue weighted by Gasteiger charge is 1.97. The molecule has 0 atom stereocenters. The standard InChI is InChI=1S/C7H8O2.2C2H4O2/c8-7(9)6-4-2-1-3-5-6;2*1-2(3)4/h1-5,7-9H;2*1H3,(H,3,4). The number of hydrogen-bond donors (Lipinski definition) is 4. The molecule has 6 nitrogen and oxygen atoms in total. The van der Waals surface area contributed by atoms with Crippen LogP contribution in [-0.4, -0.2) is 32.4 Å². The highest BCUT2D eigenvalue weighted by atomic mass is 16.5. The molecule has 0 amide bonds. The van der Waals surface area contributed by atoms with E-state index < -0.39 is 18.2 Å². The Kier molecular flexibility index (Phi) is 10.9. The molecule has 0 spiro atoms. The molecule has 1 rings (SSSR count). The van der Waals surface area contributed by atoms with Crippen LogP contribution in [0, 0.1) is 0 Å². The van der Waals surface area contributed by atoms with E-state index in [1.165, 1.54) is 0 Å². The molecule has 0 saturated carbocycles. The van der Waals surface area contributed by atoms with E-state index in [2.05, 4.69) is 0 Å². The predicted molar refractivity (Wildman–Crippen MR) is 60.2 cm³/mol. The van der Waals surface area contributed by atoms with Crippen molar-refractivity contribution >= 4 is 11.9 Å². The average Bonchev–Trinajstić information content (AvgIpc) is 2.17. The first kappa shape index (κ1) is 17.5. The van der Waals surface area contributed by atoms with Crippen LogP contribution < -0.4 is 0 Å². The van der Waals surface area contributed by atoms with Crippen molar-refractivity contribution in [3.05, 3.63) is 35.9 Å². The van der Waals surface area contributed by atoms with E-state index in [4.69, 9.17) is 30.0 Å². The summed E-state index contributed by atoms with van der Waals surface area (Å²) in [6, 6.07) is 8.66. The van der Waals surface area contributed by atoms with Gasteiger partial charge in [0.25, 0.3) is 11.9 Å². The van der Waals surface area contributed by atoms with Crippen LogP contribution in [-0.2, 0) is 9.59 Å². The molecule has 0 heterocycles. The summed E-state index contributed by atoms with van der Waals surface area (Å²) in [5.74, 6) is -1.67. The number of aliphatic carboxylic acids is 2. The third-order valence-electron chi connectivity index (χ3n) is 1.10. The van der Waals surface area contributed by atoms with Crippen molar-refractivity contribution in [1.29, 1.82) is 0 Å². The summed E-state index contributed by atoms with van der Waals surface area (Å²) in [5.41, 5.74) is 0.525. The lowest BCUT2D eigenvalue weighted by molar-refractivity contribution is -0.135. The minimum atomic E-state index is -1.34. The second-order valence-electron chi connectivity index (χ2n) is 2.82. The normalized spacial score (nSPS) is 8.29. The smallest absolute Gasteiger partial charge is 0.300 e. The maximum atomic E-state index is 9.00. The molecular weight excluding hydrogens is 228 g/mol. The summed E-state index contributed by atoms with van der Waals surface area (Å²) in [6.07, 6.45) is -1.34. The van der Waals surface area contributed by atoms with Gasteiger partial charge in [-0.1, -0.05) is 30.3 Å². The lowest BCUT2D eigenvalue weighted by atomic mass is 10.2. The monoisotopic (exact) mass is 244 g/mol. The maximum Gasteiger partial charge on any atom is 0.300 e. The molecule has 6 heteroatoms. The second-order valence-corrected chi connectivity index (χ2v) is 2.82. The molecule has 0 bridgehead atoms. The Hall–Kier alpha value is -1.92. The van der Waals surface area contributed by atoms with Gasteiger partial charge in [-0.2, -0.15) is 0 Å². The summed E-state index contributed by atoms with van der Waals surface area (Å²) in [6.45, 7) is 2.17. The van der Waals surface area contributed by atoms with E-state index >= 15 is 0 Å². The first-order valence-electron chi connectivity index (χ1n) is 4.57. The maximum absolute atomic E-state index is 9.00. The first-order valence-corrected chi connectivity index (χ1v) is 4.57. The number of carboxylic acids is 2. The molecule has 0 aliphatic carbocycles. The van der Waals surface area contributed by atoms with Crippen molar-refractivity contribution in [2.45, 2.75) is 20.1 Å². The molecule has 0 aromatic heterocycles. The number of aliphatic hydroxyl groups is 2. The third-order valence-corrected chi connectivity index (χ3v) is 1.10. The van der Waals surface area contributed by atoms with Gasteiger partial charge in [-0.25, -0.2) is 0 Å². The molecule has 17 heavy (non-hydrogen) atoms. The van der Waals surface area contributed by atoms with Crippen molar-refractivity contribution in [2.24, 2.45) is 0 Å². The summed E-state index contributed by atoms with van der Waals surface area (Å²) < 4.78 is 0. The fourth-order valence-corrected chi connectivity index (χ4v) is 0.625. The van der Waals surface area contributed by atoms with Gasteiger partial charge in [-0.15, -0.1) is 0 Å². The van der Waals surface area contributed by atoms with Gasteiger partial charge in [-0.05, 0) is 0 Å². The molecule has 1 aromatic rings. The fourth-order valence-electron chi connectivity index (χ4n) is 0.625. The van der Waals surface area contributed by atoms with Gasteiger partial charge in [0.15, 0.2) is 6.29 Å². The Morgan fingerprint density at radius 2 is 1.24 bits per heavy atom. The number of carbonyl (C=O) groups is 2. The van der Waals surface area contributed by atoms with Crippen molar-refractivity contribution in [2.75, 3.05) is 0 Å². The number of aliphatic hydroxyl groups excluding tert-OH is 1. The minimum absolute atomic E-state index is 0.525. The number of benzene rings is 1. The van der Waals surface area contributed by atoms with Crippen molar-refractivity contribution in [3.8, 4) is 0 Å². The van der Waals surface area contributed by atoms with Crippen LogP contribution in [0.1, 0.15) is 25.7 Å². The summed E-state index contributed by atoms with van der Waals surface area (Å²) in [5, 5.41) is 32.0. The van der Waals surface area contributed by atoms with Crippen LogP contribution in [0.2, 0.25) is 0 Å². The van der Waals surface area contributed by atoms with E-state index in [-0.39, 0.29) is 0 Å². The number of carboxylic acid groups (broad SMARTS) is 2. The van der Waals surface area contributed by atoms with Crippen LogP contribution in [0.15, 0.2) is 30.3 Å². The Morgan fingerprint density at radius 3 is 1.41 bits per heavy atom. The SMILES string of the molecule is CC(=O)O.CC(=O)O.OC(O)c1ccccc1. The molecule has 96 valence electrons. The van der Waals surface area contributed by atoms with Gasteiger partial charge in [0.1, 0.15) is 0 Å². The topological polar surface area (TPSA) is 115 Å². The summed E-state index contributed by atoms with van der Waals surface area (Å²) in [4.78, 5) is 18.0. The average molecular weight is 244 g/mol. The number of hydrogen-bond acceptors (Lipinski definition) is 4. The molecule has 0 aliphatic rings. The van der Waals surface area contributed by atoms with Gasteiger partial charge in [-0.3, -0.25) is 9.59 Å². The van der Waals surface area contributed by atoms with Gasteiger partial charge in [0.05, 0.1) is 0 Å². The zero-order valence-corrected chi connectivity index (χ0v) is 9.57. The molecule has 0 fully saturated rings. The van der Waals surface area contributed by atoms with E-state index in [0.717, 1.165) is 13.8 Å². The van der Waals surface area contributed by atoms with Gasteiger partial charge < -0.3 is 20.4 Å². The molecule has 0 saturated heterocycles. The second kappa shape index (κ2) is 10.6. The summed E-state index contributed by atoms with van der Waals surface area (Å²) >= 11 is 0. The molecule has 0 unspecified atom stereocenters. The van der Waals surface area contributed by atoms with Crippen LogP contribution in [0.4, 0.5) is 0 Å². The predicted octanol–water partition coefficient (Wildman–Crippen LogP) is 0.852. The Bertz CT molecular complexity index is 300. The largest absolute Gasteiger partial charge is 0.481 e. The lowest BCUT2D eigenvalue weighted by Crippen LogP contribution is -1.92. The lowest BCUT2D eigenvalue weighted by Gasteiger charge is -1.99. The zero-order valence-electron chi connectivity index (χ0n) is 9.57. The summed E-state index contributed by atoms with van der Waals surface area (Å²) in [7, 11) is 0. The number of rotatable bonds is 1. The van der Waals surface area contributed by atoms with Crippen LogP contribution in [0.25, 0.3) is 0 Å². The molecule has 1 aromatic carbocycles.